The quantitative estimate of drug-likeness (QED) is 0.819. The molecule has 82 valence electrons. The molecule has 1 atom stereocenters. The number of aryl methyl sites for hydroxylation is 1. The average molecular weight is 205 g/mol. The van der Waals surface area contributed by atoms with Gasteiger partial charge in [-0.25, -0.2) is 4.98 Å². The zero-order valence-corrected chi connectivity index (χ0v) is 9.53. The second-order valence-electron chi connectivity index (χ2n) is 5.11. The molecule has 2 saturated carbocycles. The van der Waals surface area contributed by atoms with Crippen LogP contribution in [-0.4, -0.2) is 15.6 Å². The number of imidazole rings is 1. The minimum Gasteiger partial charge on any atom is -0.353 e. The fraction of sp³-hybridized carbons (Fsp3) is 0.750. The highest BCUT2D eigenvalue weighted by atomic mass is 15.2. The molecule has 2 aliphatic rings. The second kappa shape index (κ2) is 3.26. The smallest absolute Gasteiger partial charge is 0.203 e. The van der Waals surface area contributed by atoms with Crippen LogP contribution < -0.4 is 5.32 Å². The predicted octanol–water partition coefficient (Wildman–Crippen LogP) is 2.74. The van der Waals surface area contributed by atoms with E-state index < -0.39 is 0 Å². The van der Waals surface area contributed by atoms with Crippen molar-refractivity contribution in [1.29, 1.82) is 0 Å². The number of hydrogen-bond donors (Lipinski definition) is 1. The standard InChI is InChI=1S/C12H19N3/c1-8-7-15(11-5-6-11)12(13-8)14-9(2)10-3-4-10/h7,9-11H,3-6H2,1-2H3,(H,13,14). The number of rotatable bonds is 4. The molecule has 1 heterocycles. The van der Waals surface area contributed by atoms with Gasteiger partial charge in [0.25, 0.3) is 0 Å². The monoisotopic (exact) mass is 205 g/mol. The van der Waals surface area contributed by atoms with Gasteiger partial charge in [0.1, 0.15) is 0 Å². The molecule has 2 aliphatic carbocycles. The molecule has 1 N–H and O–H groups in total. The normalized spacial score (nSPS) is 22.8. The molecule has 1 aromatic heterocycles. The fourth-order valence-electron chi connectivity index (χ4n) is 2.17. The topological polar surface area (TPSA) is 29.9 Å². The Labute approximate surface area is 90.9 Å². The van der Waals surface area contributed by atoms with Crippen LogP contribution in [0.1, 0.15) is 44.3 Å². The molecule has 15 heavy (non-hydrogen) atoms. The summed E-state index contributed by atoms with van der Waals surface area (Å²) in [6.07, 6.45) is 7.60. The van der Waals surface area contributed by atoms with Gasteiger partial charge in [-0.1, -0.05) is 0 Å². The summed E-state index contributed by atoms with van der Waals surface area (Å²) >= 11 is 0. The van der Waals surface area contributed by atoms with Gasteiger partial charge in [-0.05, 0) is 45.4 Å². The summed E-state index contributed by atoms with van der Waals surface area (Å²) < 4.78 is 2.33. The molecule has 0 radical (unpaired) electrons. The van der Waals surface area contributed by atoms with Crippen LogP contribution in [0.15, 0.2) is 6.20 Å². The molecule has 0 spiro atoms. The summed E-state index contributed by atoms with van der Waals surface area (Å²) in [5.41, 5.74) is 1.13. The summed E-state index contributed by atoms with van der Waals surface area (Å²) in [6, 6.07) is 1.31. The molecule has 3 rings (SSSR count). The molecule has 1 aromatic rings. The van der Waals surface area contributed by atoms with Gasteiger partial charge in [0, 0.05) is 18.3 Å². The van der Waals surface area contributed by atoms with Gasteiger partial charge >= 0.3 is 0 Å². The van der Waals surface area contributed by atoms with Crippen molar-refractivity contribution in [3.8, 4) is 0 Å². The Hall–Kier alpha value is -0.990. The molecular weight excluding hydrogens is 186 g/mol. The summed E-state index contributed by atoms with van der Waals surface area (Å²) in [6.45, 7) is 4.35. The van der Waals surface area contributed by atoms with Crippen LogP contribution in [0.5, 0.6) is 0 Å². The zero-order valence-electron chi connectivity index (χ0n) is 9.53. The van der Waals surface area contributed by atoms with Gasteiger partial charge in [0.15, 0.2) is 0 Å². The summed E-state index contributed by atoms with van der Waals surface area (Å²) in [5, 5.41) is 3.57. The summed E-state index contributed by atoms with van der Waals surface area (Å²) in [7, 11) is 0. The first-order valence-electron chi connectivity index (χ1n) is 6.06. The first-order chi connectivity index (χ1) is 7.24. The highest BCUT2D eigenvalue weighted by molar-refractivity contribution is 5.32. The fourth-order valence-corrected chi connectivity index (χ4v) is 2.17. The molecular formula is C12H19N3. The summed E-state index contributed by atoms with van der Waals surface area (Å²) in [5.74, 6) is 1.98. The van der Waals surface area contributed by atoms with Gasteiger partial charge in [-0.2, -0.15) is 0 Å². The van der Waals surface area contributed by atoms with Crippen LogP contribution in [0.2, 0.25) is 0 Å². The van der Waals surface area contributed by atoms with Crippen molar-refractivity contribution >= 4 is 5.95 Å². The molecule has 3 nitrogen and oxygen atoms in total. The predicted molar refractivity (Wildman–Crippen MR) is 61.0 cm³/mol. The van der Waals surface area contributed by atoms with Crippen LogP contribution in [0.25, 0.3) is 0 Å². The third-order valence-electron chi connectivity index (χ3n) is 3.48. The van der Waals surface area contributed by atoms with E-state index in [0.29, 0.717) is 6.04 Å². The van der Waals surface area contributed by atoms with Gasteiger partial charge < -0.3 is 9.88 Å². The Balaban J connectivity index is 1.76. The van der Waals surface area contributed by atoms with Crippen LogP contribution in [-0.2, 0) is 0 Å². The number of hydrogen-bond acceptors (Lipinski definition) is 2. The average Bonchev–Trinajstić information content (AvgIpc) is 3.07. The van der Waals surface area contributed by atoms with Crippen molar-refractivity contribution in [2.24, 2.45) is 5.92 Å². The number of nitrogens with one attached hydrogen (secondary N) is 1. The first kappa shape index (κ1) is 9.25. The maximum Gasteiger partial charge on any atom is 0.203 e. The lowest BCUT2D eigenvalue weighted by Crippen LogP contribution is -2.20. The van der Waals surface area contributed by atoms with E-state index in [4.69, 9.17) is 0 Å². The molecule has 0 saturated heterocycles. The number of nitrogens with zero attached hydrogens (tertiary/aromatic N) is 2. The lowest BCUT2D eigenvalue weighted by atomic mass is 10.2. The third-order valence-corrected chi connectivity index (χ3v) is 3.48. The molecule has 0 bridgehead atoms. The summed E-state index contributed by atoms with van der Waals surface area (Å²) in [4.78, 5) is 4.57. The molecule has 2 fully saturated rings. The van der Waals surface area contributed by atoms with Crippen molar-refractivity contribution in [2.45, 2.75) is 51.6 Å². The number of anilines is 1. The SMILES string of the molecule is Cc1cn(C2CC2)c(NC(C)C2CC2)n1. The van der Waals surface area contributed by atoms with Gasteiger partial charge in [-0.15, -0.1) is 0 Å². The molecule has 0 amide bonds. The van der Waals surface area contributed by atoms with Crippen LogP contribution in [0.4, 0.5) is 5.95 Å². The molecule has 0 aromatic carbocycles. The molecule has 0 aliphatic heterocycles. The van der Waals surface area contributed by atoms with Gasteiger partial charge in [-0.3, -0.25) is 0 Å². The highest BCUT2D eigenvalue weighted by Gasteiger charge is 2.31. The Bertz CT molecular complexity index is 361. The van der Waals surface area contributed by atoms with Crippen molar-refractivity contribution in [3.63, 3.8) is 0 Å². The maximum atomic E-state index is 4.57. The maximum absolute atomic E-state index is 4.57. The Morgan fingerprint density at radius 1 is 1.40 bits per heavy atom. The second-order valence-corrected chi connectivity index (χ2v) is 5.11. The zero-order chi connectivity index (χ0) is 10.4. The van der Waals surface area contributed by atoms with Crippen molar-refractivity contribution in [1.82, 2.24) is 9.55 Å². The Kier molecular flexibility index (Phi) is 2.01. The van der Waals surface area contributed by atoms with Crippen molar-refractivity contribution in [3.05, 3.63) is 11.9 Å². The molecule has 3 heteroatoms. The minimum atomic E-state index is 0.587. The van der Waals surface area contributed by atoms with Gasteiger partial charge in [0.2, 0.25) is 5.95 Å². The highest BCUT2D eigenvalue weighted by Crippen LogP contribution is 2.39. The van der Waals surface area contributed by atoms with E-state index in [-0.39, 0.29) is 0 Å². The number of aromatic nitrogens is 2. The molecule has 1 unspecified atom stereocenters. The van der Waals surface area contributed by atoms with Crippen LogP contribution in [0, 0.1) is 12.8 Å². The van der Waals surface area contributed by atoms with E-state index in [0.717, 1.165) is 23.6 Å². The largest absolute Gasteiger partial charge is 0.353 e. The van der Waals surface area contributed by atoms with E-state index in [1.54, 1.807) is 0 Å². The van der Waals surface area contributed by atoms with Crippen LogP contribution in [0.3, 0.4) is 0 Å². The Morgan fingerprint density at radius 2 is 2.13 bits per heavy atom. The lowest BCUT2D eigenvalue weighted by molar-refractivity contribution is 0.663. The third kappa shape index (κ3) is 1.87. The van der Waals surface area contributed by atoms with E-state index >= 15 is 0 Å². The minimum absolute atomic E-state index is 0.587. The van der Waals surface area contributed by atoms with E-state index in [2.05, 4.69) is 34.9 Å². The van der Waals surface area contributed by atoms with Gasteiger partial charge in [0.05, 0.1) is 5.69 Å². The first-order valence-corrected chi connectivity index (χ1v) is 6.06. The van der Waals surface area contributed by atoms with E-state index in [1.165, 1.54) is 25.7 Å². The van der Waals surface area contributed by atoms with E-state index in [9.17, 15) is 0 Å². The van der Waals surface area contributed by atoms with Crippen LogP contribution >= 0.6 is 0 Å². The van der Waals surface area contributed by atoms with Crippen molar-refractivity contribution < 1.29 is 0 Å². The Morgan fingerprint density at radius 3 is 2.73 bits per heavy atom. The van der Waals surface area contributed by atoms with Crippen molar-refractivity contribution in [2.75, 3.05) is 5.32 Å². The van der Waals surface area contributed by atoms with E-state index in [1.807, 2.05) is 0 Å². The lowest BCUT2D eigenvalue weighted by Gasteiger charge is -2.14.